The van der Waals surface area contributed by atoms with Crippen molar-refractivity contribution < 1.29 is 24.1 Å². The van der Waals surface area contributed by atoms with Gasteiger partial charge in [-0.05, 0) is 30.5 Å². The highest BCUT2D eigenvalue weighted by Crippen LogP contribution is 2.48. The third-order valence-electron chi connectivity index (χ3n) is 5.06. The molecule has 132 valence electrons. The third kappa shape index (κ3) is 2.96. The molecule has 0 radical (unpaired) electrons. The van der Waals surface area contributed by atoms with Crippen LogP contribution in [0, 0.1) is 5.41 Å². The number of hydrogen-bond donors (Lipinski definition) is 1. The molecule has 6 heteroatoms. The summed E-state index contributed by atoms with van der Waals surface area (Å²) in [4.78, 5) is 14.8. The van der Waals surface area contributed by atoms with E-state index in [1.807, 2.05) is 30.0 Å². The molecule has 1 heterocycles. The Morgan fingerprint density at radius 1 is 1.33 bits per heavy atom. The van der Waals surface area contributed by atoms with E-state index in [9.17, 15) is 9.90 Å². The highest BCUT2D eigenvalue weighted by atomic mass is 16.5. The van der Waals surface area contributed by atoms with E-state index in [0.29, 0.717) is 24.7 Å². The van der Waals surface area contributed by atoms with Crippen LogP contribution in [0.3, 0.4) is 0 Å². The van der Waals surface area contributed by atoms with Gasteiger partial charge in [-0.15, -0.1) is 0 Å². The highest BCUT2D eigenvalue weighted by molar-refractivity contribution is 5.85. The molecule has 1 saturated heterocycles. The summed E-state index contributed by atoms with van der Waals surface area (Å²) in [5.74, 6) is 1.37. The first-order valence-corrected chi connectivity index (χ1v) is 8.29. The number of benzene rings is 1. The molecule has 1 aliphatic carbocycles. The minimum Gasteiger partial charge on any atom is -0.493 e. The van der Waals surface area contributed by atoms with Gasteiger partial charge >= 0.3 is 0 Å². The van der Waals surface area contributed by atoms with E-state index in [1.165, 1.54) is 0 Å². The maximum absolute atomic E-state index is 12.9. The van der Waals surface area contributed by atoms with Crippen molar-refractivity contribution in [2.45, 2.75) is 31.9 Å². The predicted molar refractivity (Wildman–Crippen MR) is 88.2 cm³/mol. The van der Waals surface area contributed by atoms with E-state index in [2.05, 4.69) is 0 Å². The zero-order valence-corrected chi connectivity index (χ0v) is 14.4. The minimum absolute atomic E-state index is 0.139. The zero-order valence-electron chi connectivity index (χ0n) is 14.4. The van der Waals surface area contributed by atoms with Crippen molar-refractivity contribution in [1.29, 1.82) is 0 Å². The van der Waals surface area contributed by atoms with E-state index >= 15 is 0 Å². The fourth-order valence-corrected chi connectivity index (χ4v) is 3.29. The number of ether oxygens (including phenoxy) is 3. The second-order valence-electron chi connectivity index (χ2n) is 6.71. The average molecular weight is 335 g/mol. The summed E-state index contributed by atoms with van der Waals surface area (Å²) in [5.41, 5.74) is 0.621. The quantitative estimate of drug-likeness (QED) is 0.888. The Morgan fingerprint density at radius 2 is 2.04 bits per heavy atom. The summed E-state index contributed by atoms with van der Waals surface area (Å²) in [6, 6.07) is 5.25. The van der Waals surface area contributed by atoms with Crippen molar-refractivity contribution in [2.24, 2.45) is 5.41 Å². The molecule has 2 atom stereocenters. The number of hydrogen-bond acceptors (Lipinski definition) is 5. The molecular formula is C18H25NO5. The van der Waals surface area contributed by atoms with E-state index in [4.69, 9.17) is 14.2 Å². The summed E-state index contributed by atoms with van der Waals surface area (Å²) in [7, 11) is 3.16. The molecular weight excluding hydrogens is 310 g/mol. The van der Waals surface area contributed by atoms with Crippen LogP contribution < -0.4 is 9.47 Å². The highest BCUT2D eigenvalue weighted by Gasteiger charge is 2.50. The number of rotatable bonds is 5. The van der Waals surface area contributed by atoms with Crippen molar-refractivity contribution in [1.82, 2.24) is 4.90 Å². The molecule has 1 saturated carbocycles. The lowest BCUT2D eigenvalue weighted by atomic mass is 9.95. The summed E-state index contributed by atoms with van der Waals surface area (Å²) in [6.45, 7) is 2.84. The van der Waals surface area contributed by atoms with Crippen LogP contribution >= 0.6 is 0 Å². The van der Waals surface area contributed by atoms with Crippen LogP contribution in [0.5, 0.6) is 11.5 Å². The average Bonchev–Trinajstić information content (AvgIpc) is 3.38. The van der Waals surface area contributed by atoms with Gasteiger partial charge in [0.15, 0.2) is 11.5 Å². The van der Waals surface area contributed by atoms with Crippen molar-refractivity contribution in [3.8, 4) is 11.5 Å². The number of methoxy groups -OCH3 is 2. The number of carbonyl (C=O) groups excluding carboxylic acids is 1. The largest absolute Gasteiger partial charge is 0.493 e. The molecule has 2 fully saturated rings. The molecule has 24 heavy (non-hydrogen) atoms. The maximum Gasteiger partial charge on any atom is 0.229 e. The van der Waals surface area contributed by atoms with Crippen LogP contribution in [0.4, 0.5) is 0 Å². The lowest BCUT2D eigenvalue weighted by Gasteiger charge is -2.42. The first-order valence-electron chi connectivity index (χ1n) is 8.29. The maximum atomic E-state index is 12.9. The lowest BCUT2D eigenvalue weighted by molar-refractivity contribution is -0.155. The molecule has 2 unspecified atom stereocenters. The zero-order chi connectivity index (χ0) is 17.3. The van der Waals surface area contributed by atoms with Gasteiger partial charge in [0.1, 0.15) is 6.10 Å². The molecule has 1 aromatic rings. The molecule has 6 nitrogen and oxygen atoms in total. The number of aliphatic hydroxyl groups excluding tert-OH is 1. The molecule has 0 aromatic heterocycles. The van der Waals surface area contributed by atoms with Gasteiger partial charge in [0.05, 0.1) is 33.5 Å². The van der Waals surface area contributed by atoms with Gasteiger partial charge < -0.3 is 24.2 Å². The van der Waals surface area contributed by atoms with Gasteiger partial charge in [-0.2, -0.15) is 0 Å². The van der Waals surface area contributed by atoms with Crippen LogP contribution in [-0.4, -0.2) is 56.0 Å². The normalized spacial score (nSPS) is 25.2. The van der Waals surface area contributed by atoms with Gasteiger partial charge in [0.2, 0.25) is 5.91 Å². The minimum atomic E-state index is -0.442. The van der Waals surface area contributed by atoms with Crippen LogP contribution in [0.25, 0.3) is 0 Å². The Bertz CT molecular complexity index is 613. The molecule has 1 aromatic carbocycles. The predicted octanol–water partition coefficient (Wildman–Crippen LogP) is 1.76. The summed E-state index contributed by atoms with van der Waals surface area (Å²) in [5, 5.41) is 9.75. The Hall–Kier alpha value is -1.79. The van der Waals surface area contributed by atoms with Crippen molar-refractivity contribution in [2.75, 3.05) is 34.0 Å². The second-order valence-corrected chi connectivity index (χ2v) is 6.71. The Morgan fingerprint density at radius 3 is 2.62 bits per heavy atom. The smallest absolute Gasteiger partial charge is 0.229 e. The molecule has 1 amide bonds. The van der Waals surface area contributed by atoms with Gasteiger partial charge in [0.25, 0.3) is 0 Å². The fourth-order valence-electron chi connectivity index (χ4n) is 3.29. The molecule has 2 aliphatic rings. The lowest BCUT2D eigenvalue weighted by Crippen LogP contribution is -2.51. The number of morpholine rings is 1. The van der Waals surface area contributed by atoms with Crippen molar-refractivity contribution in [3.05, 3.63) is 23.8 Å². The Balaban J connectivity index is 1.97. The van der Waals surface area contributed by atoms with Gasteiger partial charge in [-0.1, -0.05) is 13.0 Å². The standard InChI is InChI=1S/C18H25NO5/c1-18(6-7-18)17(21)19-8-9-24-15(11-20)16(19)12-4-5-13(22-2)14(10-12)23-3/h4-5,10,15-16,20H,6-9,11H2,1-3H3. The van der Waals surface area contributed by atoms with Gasteiger partial charge in [0, 0.05) is 12.0 Å². The van der Waals surface area contributed by atoms with Crippen molar-refractivity contribution in [3.63, 3.8) is 0 Å². The van der Waals surface area contributed by atoms with Gasteiger partial charge in [-0.3, -0.25) is 4.79 Å². The van der Waals surface area contributed by atoms with E-state index in [1.54, 1.807) is 14.2 Å². The number of nitrogens with zero attached hydrogens (tertiary/aromatic N) is 1. The van der Waals surface area contributed by atoms with Crippen LogP contribution in [-0.2, 0) is 9.53 Å². The van der Waals surface area contributed by atoms with Gasteiger partial charge in [-0.25, -0.2) is 0 Å². The molecule has 0 spiro atoms. The Labute approximate surface area is 142 Å². The van der Waals surface area contributed by atoms with E-state index in [0.717, 1.165) is 18.4 Å². The summed E-state index contributed by atoms with van der Waals surface area (Å²) >= 11 is 0. The summed E-state index contributed by atoms with van der Waals surface area (Å²) < 4.78 is 16.4. The SMILES string of the molecule is COc1ccc(C2C(CO)OCCN2C(=O)C2(C)CC2)cc1OC. The monoisotopic (exact) mass is 335 g/mol. The van der Waals surface area contributed by atoms with E-state index < -0.39 is 6.10 Å². The fraction of sp³-hybridized carbons (Fsp3) is 0.611. The molecule has 0 bridgehead atoms. The Kier molecular flexibility index (Phi) is 4.69. The number of aliphatic hydroxyl groups is 1. The van der Waals surface area contributed by atoms with E-state index in [-0.39, 0.29) is 24.0 Å². The first-order chi connectivity index (χ1) is 11.5. The summed E-state index contributed by atoms with van der Waals surface area (Å²) in [6.07, 6.45) is 1.40. The molecule has 3 rings (SSSR count). The van der Waals surface area contributed by atoms with Crippen LogP contribution in [0.1, 0.15) is 31.4 Å². The molecule has 1 N–H and O–H groups in total. The topological polar surface area (TPSA) is 68.2 Å². The molecule has 1 aliphatic heterocycles. The second kappa shape index (κ2) is 6.61. The van der Waals surface area contributed by atoms with Crippen LogP contribution in [0.15, 0.2) is 18.2 Å². The third-order valence-corrected chi connectivity index (χ3v) is 5.06. The first kappa shape index (κ1) is 17.0. The number of carbonyl (C=O) groups is 1. The number of amides is 1. The van der Waals surface area contributed by atoms with Crippen molar-refractivity contribution >= 4 is 5.91 Å². The van der Waals surface area contributed by atoms with Crippen LogP contribution in [0.2, 0.25) is 0 Å².